The van der Waals surface area contributed by atoms with Gasteiger partial charge in [0.15, 0.2) is 11.4 Å². The molecule has 3 aromatic rings. The van der Waals surface area contributed by atoms with Gasteiger partial charge in [-0.15, -0.1) is 0 Å². The summed E-state index contributed by atoms with van der Waals surface area (Å²) in [6.45, 7) is 4.33. The molecule has 0 radical (unpaired) electrons. The van der Waals surface area contributed by atoms with Gasteiger partial charge in [0.05, 0.1) is 12.1 Å². The minimum absolute atomic E-state index is 0.158. The van der Waals surface area contributed by atoms with Crippen molar-refractivity contribution in [2.45, 2.75) is 39.2 Å². The van der Waals surface area contributed by atoms with Crippen molar-refractivity contribution in [3.63, 3.8) is 0 Å². The second kappa shape index (κ2) is 10.5. The maximum atomic E-state index is 13.8. The molecule has 0 unspecified atom stereocenters. The average Bonchev–Trinajstić information content (AvgIpc) is 3.16. The largest absolute Gasteiger partial charge is 0.491 e. The van der Waals surface area contributed by atoms with Crippen molar-refractivity contribution >= 4 is 22.7 Å². The van der Waals surface area contributed by atoms with E-state index in [9.17, 15) is 18.8 Å². The fraction of sp³-hybridized carbons (Fsp3) is 0.423. The Hall–Kier alpha value is -3.66. The van der Waals surface area contributed by atoms with E-state index < -0.39 is 12.4 Å². The summed E-state index contributed by atoms with van der Waals surface area (Å²) in [5.74, 6) is -0.874. The number of hydrogen-bond acceptors (Lipinski definition) is 5. The smallest absolute Gasteiger partial charge is 0.272 e. The summed E-state index contributed by atoms with van der Waals surface area (Å²) >= 11 is 0. The Labute approximate surface area is 208 Å². The molecule has 9 nitrogen and oxygen atoms in total. The van der Waals surface area contributed by atoms with Gasteiger partial charge in [0.1, 0.15) is 17.8 Å². The Bertz CT molecular complexity index is 1340. The van der Waals surface area contributed by atoms with Crippen molar-refractivity contribution in [3.8, 4) is 11.4 Å². The number of nitrogens with one attached hydrogen (secondary N) is 1. The molecule has 1 saturated heterocycles. The number of carbonyl (C=O) groups excluding carboxylic acids is 2. The number of likely N-dealkylation sites (tertiary alicyclic amines) is 1. The number of amides is 2. The van der Waals surface area contributed by atoms with E-state index in [2.05, 4.69) is 5.32 Å². The summed E-state index contributed by atoms with van der Waals surface area (Å²) < 4.78 is 22.6. The highest BCUT2D eigenvalue weighted by Crippen LogP contribution is 2.32. The summed E-state index contributed by atoms with van der Waals surface area (Å²) in [5.41, 5.74) is 1.73. The quantitative estimate of drug-likeness (QED) is 0.519. The van der Waals surface area contributed by atoms with Crippen molar-refractivity contribution in [2.75, 3.05) is 26.3 Å². The molecule has 0 saturated carbocycles. The molecule has 10 heteroatoms. The third kappa shape index (κ3) is 4.60. The Morgan fingerprint density at radius 3 is 2.42 bits per heavy atom. The SMILES string of the molecule is CCOc1c(C(=O)NC2CCN(C(=O)CO)CC2)n(C)c2cc(CC)n(-c3ccc(F)cc3)c(=O)c12. The number of halogens is 1. The van der Waals surface area contributed by atoms with Gasteiger partial charge < -0.3 is 24.6 Å². The van der Waals surface area contributed by atoms with Crippen LogP contribution < -0.4 is 15.6 Å². The Morgan fingerprint density at radius 2 is 1.83 bits per heavy atom. The minimum atomic E-state index is -0.528. The summed E-state index contributed by atoms with van der Waals surface area (Å²) in [5, 5.41) is 12.4. The molecule has 36 heavy (non-hydrogen) atoms. The predicted octanol–water partition coefficient (Wildman–Crippen LogP) is 2.14. The van der Waals surface area contributed by atoms with Crippen LogP contribution in [0, 0.1) is 5.82 Å². The van der Waals surface area contributed by atoms with Gasteiger partial charge in [-0.2, -0.15) is 0 Å². The highest BCUT2D eigenvalue weighted by molar-refractivity contribution is 6.04. The van der Waals surface area contributed by atoms with E-state index in [1.54, 1.807) is 35.6 Å². The second-order valence-electron chi connectivity index (χ2n) is 8.82. The maximum Gasteiger partial charge on any atom is 0.272 e. The molecular formula is C26H31FN4O5. The van der Waals surface area contributed by atoms with E-state index >= 15 is 0 Å². The first-order chi connectivity index (χ1) is 17.3. The third-order valence-electron chi connectivity index (χ3n) is 6.67. The van der Waals surface area contributed by atoms with Crippen LogP contribution in [0.2, 0.25) is 0 Å². The number of piperidine rings is 1. The number of aryl methyl sites for hydroxylation is 2. The monoisotopic (exact) mass is 498 g/mol. The van der Waals surface area contributed by atoms with Crippen LogP contribution in [0.4, 0.5) is 4.39 Å². The molecule has 1 fully saturated rings. The normalized spacial score (nSPS) is 14.3. The maximum absolute atomic E-state index is 13.8. The number of benzene rings is 1. The molecule has 192 valence electrons. The molecule has 4 rings (SSSR count). The summed E-state index contributed by atoms with van der Waals surface area (Å²) in [4.78, 5) is 40.5. The molecule has 0 atom stereocenters. The van der Waals surface area contributed by atoms with Crippen molar-refractivity contribution in [2.24, 2.45) is 7.05 Å². The van der Waals surface area contributed by atoms with Gasteiger partial charge in [-0.05, 0) is 56.5 Å². The van der Waals surface area contributed by atoms with Crippen molar-refractivity contribution in [1.29, 1.82) is 0 Å². The lowest BCUT2D eigenvalue weighted by atomic mass is 10.0. The third-order valence-corrected chi connectivity index (χ3v) is 6.67. The number of nitrogens with zero attached hydrogens (tertiary/aromatic N) is 3. The van der Waals surface area contributed by atoms with Gasteiger partial charge in [0.25, 0.3) is 11.5 Å². The number of fused-ring (bicyclic) bond motifs is 1. The van der Waals surface area contributed by atoms with Crippen molar-refractivity contribution < 1.29 is 23.8 Å². The molecular weight excluding hydrogens is 467 g/mol. The lowest BCUT2D eigenvalue weighted by molar-refractivity contribution is -0.135. The molecule has 1 aliphatic heterocycles. The van der Waals surface area contributed by atoms with Gasteiger partial charge in [-0.1, -0.05) is 6.92 Å². The van der Waals surface area contributed by atoms with Gasteiger partial charge in [-0.3, -0.25) is 19.0 Å². The zero-order valence-electron chi connectivity index (χ0n) is 20.7. The highest BCUT2D eigenvalue weighted by Gasteiger charge is 2.29. The number of pyridine rings is 1. The summed E-state index contributed by atoms with van der Waals surface area (Å²) in [7, 11) is 1.73. The Morgan fingerprint density at radius 1 is 1.17 bits per heavy atom. The predicted molar refractivity (Wildman–Crippen MR) is 133 cm³/mol. The van der Waals surface area contributed by atoms with Crippen LogP contribution in [0.25, 0.3) is 16.6 Å². The number of carbonyl (C=O) groups is 2. The van der Waals surface area contributed by atoms with Gasteiger partial charge in [0.2, 0.25) is 5.91 Å². The standard InChI is InChI=1S/C26H31FN4O5/c1-4-18-14-20-22(26(35)31(18)19-8-6-16(27)7-9-19)24(36-5-2)23(29(20)3)25(34)28-17-10-12-30(13-11-17)21(33)15-32/h6-9,14,17,32H,4-5,10-13,15H2,1-3H3,(H,28,34). The van der Waals surface area contributed by atoms with Gasteiger partial charge in [0, 0.05) is 37.6 Å². The van der Waals surface area contributed by atoms with E-state index in [-0.39, 0.29) is 46.9 Å². The van der Waals surface area contributed by atoms with Crippen LogP contribution >= 0.6 is 0 Å². The first-order valence-electron chi connectivity index (χ1n) is 12.2. The first-order valence-corrected chi connectivity index (χ1v) is 12.2. The van der Waals surface area contributed by atoms with Gasteiger partial charge in [-0.25, -0.2) is 4.39 Å². The number of aliphatic hydroxyl groups excluding tert-OH is 1. The highest BCUT2D eigenvalue weighted by atomic mass is 19.1. The number of hydrogen-bond donors (Lipinski definition) is 2. The molecule has 3 heterocycles. The zero-order valence-corrected chi connectivity index (χ0v) is 20.7. The van der Waals surface area contributed by atoms with Crippen LogP contribution in [0.15, 0.2) is 35.1 Å². The fourth-order valence-electron chi connectivity index (χ4n) is 4.82. The van der Waals surface area contributed by atoms with E-state index in [1.165, 1.54) is 16.7 Å². The average molecular weight is 499 g/mol. The summed E-state index contributed by atoms with van der Waals surface area (Å²) in [6.07, 6.45) is 1.66. The Balaban J connectivity index is 1.75. The fourth-order valence-corrected chi connectivity index (χ4v) is 4.82. The second-order valence-corrected chi connectivity index (χ2v) is 8.82. The van der Waals surface area contributed by atoms with E-state index in [0.29, 0.717) is 43.6 Å². The van der Waals surface area contributed by atoms with Crippen LogP contribution in [-0.4, -0.2) is 63.3 Å². The number of aromatic nitrogens is 2. The summed E-state index contributed by atoms with van der Waals surface area (Å²) in [6, 6.07) is 7.41. The lowest BCUT2D eigenvalue weighted by Gasteiger charge is -2.32. The van der Waals surface area contributed by atoms with Crippen LogP contribution in [0.5, 0.6) is 5.75 Å². The van der Waals surface area contributed by atoms with Crippen LogP contribution in [-0.2, 0) is 18.3 Å². The molecule has 2 aromatic heterocycles. The first kappa shape index (κ1) is 25.4. The van der Waals surface area contributed by atoms with E-state index in [4.69, 9.17) is 9.84 Å². The van der Waals surface area contributed by atoms with E-state index in [1.807, 2.05) is 13.0 Å². The number of ether oxygens (including phenoxy) is 1. The lowest BCUT2D eigenvalue weighted by Crippen LogP contribution is -2.47. The molecule has 2 N–H and O–H groups in total. The van der Waals surface area contributed by atoms with Crippen LogP contribution in [0.1, 0.15) is 42.9 Å². The molecule has 2 amide bonds. The number of rotatable bonds is 7. The van der Waals surface area contributed by atoms with E-state index in [0.717, 1.165) is 5.69 Å². The van der Waals surface area contributed by atoms with Gasteiger partial charge >= 0.3 is 0 Å². The van der Waals surface area contributed by atoms with Crippen molar-refractivity contribution in [3.05, 3.63) is 57.9 Å². The topological polar surface area (TPSA) is 106 Å². The molecule has 1 aliphatic rings. The molecule has 0 aliphatic carbocycles. The number of aliphatic hydroxyl groups is 1. The zero-order chi connectivity index (χ0) is 26.0. The molecule has 0 spiro atoms. The molecule has 0 bridgehead atoms. The van der Waals surface area contributed by atoms with Crippen LogP contribution in [0.3, 0.4) is 0 Å². The van der Waals surface area contributed by atoms with Crippen molar-refractivity contribution in [1.82, 2.24) is 19.4 Å². The molecule has 1 aromatic carbocycles. The minimum Gasteiger partial charge on any atom is -0.491 e. The Kier molecular flexibility index (Phi) is 7.44.